The highest BCUT2D eigenvalue weighted by molar-refractivity contribution is 5.75. The van der Waals surface area contributed by atoms with Crippen molar-refractivity contribution in [2.24, 2.45) is 0 Å². The Bertz CT molecular complexity index is 488. The van der Waals surface area contributed by atoms with Crippen LogP contribution < -0.4 is 5.32 Å². The lowest BCUT2D eigenvalue weighted by atomic mass is 10.0. The van der Waals surface area contributed by atoms with E-state index in [0.717, 1.165) is 5.56 Å². The summed E-state index contributed by atoms with van der Waals surface area (Å²) in [6.45, 7) is 5.22. The molecule has 1 rings (SSSR count). The van der Waals surface area contributed by atoms with Crippen molar-refractivity contribution in [3.8, 4) is 0 Å². The molecule has 0 fully saturated rings. The van der Waals surface area contributed by atoms with Gasteiger partial charge in [0.1, 0.15) is 6.04 Å². The van der Waals surface area contributed by atoms with E-state index in [9.17, 15) is 14.9 Å². The normalized spacial score (nSPS) is 13.7. The van der Waals surface area contributed by atoms with E-state index >= 15 is 0 Å². The quantitative estimate of drug-likeness (QED) is 0.501. The Morgan fingerprint density at radius 2 is 2.05 bits per heavy atom. The van der Waals surface area contributed by atoms with Crippen LogP contribution in [0.3, 0.4) is 0 Å². The van der Waals surface area contributed by atoms with E-state index in [2.05, 4.69) is 10.1 Å². The maximum atomic E-state index is 11.3. The Morgan fingerprint density at radius 3 is 2.58 bits per heavy atom. The molecule has 6 nitrogen and oxygen atoms in total. The average molecular weight is 266 g/mol. The van der Waals surface area contributed by atoms with Crippen LogP contribution in [0.2, 0.25) is 0 Å². The molecule has 1 aromatic carbocycles. The topological polar surface area (TPSA) is 81.5 Å². The fourth-order valence-electron chi connectivity index (χ4n) is 1.81. The number of hydrogen-bond acceptors (Lipinski definition) is 5. The standard InChI is InChI=1S/C13H18N2O4/c1-8-5-6-11(7-12(8)15(17)18)9(2)14-10(3)13(16)19-4/h5-7,9-10,14H,1-4H3/t9-,10-/m1/s1. The molecule has 0 bridgehead atoms. The molecule has 0 spiro atoms. The van der Waals surface area contributed by atoms with Gasteiger partial charge in [0.15, 0.2) is 0 Å². The van der Waals surface area contributed by atoms with Crippen LogP contribution in [-0.2, 0) is 9.53 Å². The third-order valence-corrected chi connectivity index (χ3v) is 2.98. The molecule has 104 valence electrons. The molecular weight excluding hydrogens is 248 g/mol. The van der Waals surface area contributed by atoms with Gasteiger partial charge in [0.25, 0.3) is 5.69 Å². The summed E-state index contributed by atoms with van der Waals surface area (Å²) >= 11 is 0. The van der Waals surface area contributed by atoms with Gasteiger partial charge >= 0.3 is 5.97 Å². The largest absolute Gasteiger partial charge is 0.468 e. The second-order valence-electron chi connectivity index (χ2n) is 4.44. The van der Waals surface area contributed by atoms with Gasteiger partial charge in [-0.15, -0.1) is 0 Å². The summed E-state index contributed by atoms with van der Waals surface area (Å²) in [5, 5.41) is 13.9. The maximum Gasteiger partial charge on any atom is 0.322 e. The van der Waals surface area contributed by atoms with Gasteiger partial charge in [-0.25, -0.2) is 0 Å². The number of nitrogens with zero attached hydrogens (tertiary/aromatic N) is 1. The predicted molar refractivity (Wildman–Crippen MR) is 70.9 cm³/mol. The number of nitrogens with one attached hydrogen (secondary N) is 1. The summed E-state index contributed by atoms with van der Waals surface area (Å²) in [7, 11) is 1.32. The molecule has 0 saturated heterocycles. The van der Waals surface area contributed by atoms with Crippen LogP contribution in [0.1, 0.15) is 31.0 Å². The lowest BCUT2D eigenvalue weighted by Crippen LogP contribution is -2.36. The number of ether oxygens (including phenoxy) is 1. The first-order chi connectivity index (χ1) is 8.86. The van der Waals surface area contributed by atoms with Crippen molar-refractivity contribution in [2.75, 3.05) is 7.11 Å². The first-order valence-corrected chi connectivity index (χ1v) is 5.95. The van der Waals surface area contributed by atoms with E-state index in [0.29, 0.717) is 5.56 Å². The lowest BCUT2D eigenvalue weighted by Gasteiger charge is -2.18. The van der Waals surface area contributed by atoms with E-state index in [4.69, 9.17) is 0 Å². The molecule has 19 heavy (non-hydrogen) atoms. The number of rotatable bonds is 5. The van der Waals surface area contributed by atoms with Gasteiger partial charge in [-0.05, 0) is 26.3 Å². The molecule has 0 heterocycles. The zero-order valence-corrected chi connectivity index (χ0v) is 11.5. The Morgan fingerprint density at radius 1 is 1.42 bits per heavy atom. The van der Waals surface area contributed by atoms with Gasteiger partial charge in [-0.1, -0.05) is 12.1 Å². The first-order valence-electron chi connectivity index (χ1n) is 5.95. The molecule has 0 aliphatic heterocycles. The summed E-state index contributed by atoms with van der Waals surface area (Å²) in [6, 6.07) is 4.38. The maximum absolute atomic E-state index is 11.3. The molecule has 0 saturated carbocycles. The molecule has 0 unspecified atom stereocenters. The van der Waals surface area contributed by atoms with Crippen molar-refractivity contribution in [2.45, 2.75) is 32.9 Å². The summed E-state index contributed by atoms with van der Waals surface area (Å²) in [6.07, 6.45) is 0. The fourth-order valence-corrected chi connectivity index (χ4v) is 1.81. The van der Waals surface area contributed by atoms with Crippen molar-refractivity contribution in [3.63, 3.8) is 0 Å². The molecule has 2 atom stereocenters. The Labute approximate surface area is 111 Å². The van der Waals surface area contributed by atoms with E-state index in [1.807, 2.05) is 13.0 Å². The predicted octanol–water partition coefficient (Wildman–Crippen LogP) is 2.12. The van der Waals surface area contributed by atoms with Gasteiger partial charge in [0.2, 0.25) is 0 Å². The SMILES string of the molecule is COC(=O)[C@@H](C)N[C@H](C)c1ccc(C)c([N+](=O)[O-])c1. The first kappa shape index (κ1) is 15.1. The average Bonchev–Trinajstić information content (AvgIpc) is 2.37. The smallest absolute Gasteiger partial charge is 0.322 e. The minimum Gasteiger partial charge on any atom is -0.468 e. The highest BCUT2D eigenvalue weighted by Crippen LogP contribution is 2.23. The molecule has 0 amide bonds. The summed E-state index contributed by atoms with van der Waals surface area (Å²) in [4.78, 5) is 21.8. The van der Waals surface area contributed by atoms with Crippen molar-refractivity contribution in [1.82, 2.24) is 5.32 Å². The lowest BCUT2D eigenvalue weighted by molar-refractivity contribution is -0.385. The zero-order chi connectivity index (χ0) is 14.6. The van der Waals surface area contributed by atoms with Gasteiger partial charge in [0, 0.05) is 17.7 Å². The van der Waals surface area contributed by atoms with Crippen molar-refractivity contribution < 1.29 is 14.5 Å². The number of esters is 1. The van der Waals surface area contributed by atoms with Crippen LogP contribution >= 0.6 is 0 Å². The number of carbonyl (C=O) groups excluding carboxylic acids is 1. The molecular formula is C13H18N2O4. The van der Waals surface area contributed by atoms with Crippen LogP contribution in [-0.4, -0.2) is 24.0 Å². The highest BCUT2D eigenvalue weighted by atomic mass is 16.6. The number of benzene rings is 1. The molecule has 6 heteroatoms. The van der Waals surface area contributed by atoms with E-state index < -0.39 is 11.0 Å². The van der Waals surface area contributed by atoms with E-state index in [-0.39, 0.29) is 17.7 Å². The second kappa shape index (κ2) is 6.29. The Kier molecular flexibility index (Phi) is 5.00. The van der Waals surface area contributed by atoms with Crippen molar-refractivity contribution in [3.05, 3.63) is 39.4 Å². The van der Waals surface area contributed by atoms with E-state index in [1.54, 1.807) is 19.9 Å². The number of nitro benzene ring substituents is 1. The molecule has 0 radical (unpaired) electrons. The zero-order valence-electron chi connectivity index (χ0n) is 11.5. The third kappa shape index (κ3) is 3.75. The van der Waals surface area contributed by atoms with Crippen LogP contribution in [0.15, 0.2) is 18.2 Å². The highest BCUT2D eigenvalue weighted by Gasteiger charge is 2.19. The number of methoxy groups -OCH3 is 1. The second-order valence-corrected chi connectivity index (χ2v) is 4.44. The molecule has 0 aromatic heterocycles. The molecule has 1 aromatic rings. The number of aryl methyl sites for hydroxylation is 1. The molecule has 0 aliphatic rings. The van der Waals surface area contributed by atoms with Crippen LogP contribution in [0.25, 0.3) is 0 Å². The minimum absolute atomic E-state index is 0.0804. The molecule has 0 aliphatic carbocycles. The van der Waals surface area contributed by atoms with Gasteiger partial charge in [-0.3, -0.25) is 20.2 Å². The fraction of sp³-hybridized carbons (Fsp3) is 0.462. The van der Waals surface area contributed by atoms with Gasteiger partial charge in [0.05, 0.1) is 12.0 Å². The Balaban J connectivity index is 2.88. The summed E-state index contributed by atoms with van der Waals surface area (Å²) in [5.74, 6) is -0.367. The minimum atomic E-state index is -0.472. The van der Waals surface area contributed by atoms with Crippen LogP contribution in [0.5, 0.6) is 0 Å². The van der Waals surface area contributed by atoms with Crippen molar-refractivity contribution >= 4 is 11.7 Å². The summed E-state index contributed by atoms with van der Waals surface area (Å²) in [5.41, 5.74) is 1.45. The van der Waals surface area contributed by atoms with Gasteiger partial charge < -0.3 is 4.74 Å². The van der Waals surface area contributed by atoms with Crippen molar-refractivity contribution in [1.29, 1.82) is 0 Å². The Hall–Kier alpha value is -1.95. The third-order valence-electron chi connectivity index (χ3n) is 2.98. The molecule has 1 N–H and O–H groups in total. The van der Waals surface area contributed by atoms with Crippen LogP contribution in [0, 0.1) is 17.0 Å². The monoisotopic (exact) mass is 266 g/mol. The van der Waals surface area contributed by atoms with E-state index in [1.165, 1.54) is 13.2 Å². The number of hydrogen-bond donors (Lipinski definition) is 1. The number of carbonyl (C=O) groups is 1. The van der Waals surface area contributed by atoms with Crippen LogP contribution in [0.4, 0.5) is 5.69 Å². The van der Waals surface area contributed by atoms with Gasteiger partial charge in [-0.2, -0.15) is 0 Å². The number of nitro groups is 1. The summed E-state index contributed by atoms with van der Waals surface area (Å²) < 4.78 is 4.62.